The molecule has 0 saturated carbocycles. The van der Waals surface area contributed by atoms with Crippen molar-refractivity contribution in [3.8, 4) is 6.07 Å². The lowest BCUT2D eigenvalue weighted by molar-refractivity contribution is 0.0787. The van der Waals surface area contributed by atoms with E-state index in [0.29, 0.717) is 11.4 Å². The molecule has 1 aromatic heterocycles. The van der Waals surface area contributed by atoms with Crippen molar-refractivity contribution in [3.63, 3.8) is 0 Å². The molecule has 0 aliphatic carbocycles. The van der Waals surface area contributed by atoms with Crippen LogP contribution in [0.4, 0.5) is 11.6 Å². The Bertz CT molecular complexity index is 398. The number of nitrogens with one attached hydrogen (secondary N) is 1. The predicted octanol–water partition coefficient (Wildman–Crippen LogP) is 1.76. The van der Waals surface area contributed by atoms with Gasteiger partial charge in [0.1, 0.15) is 17.7 Å². The van der Waals surface area contributed by atoms with Crippen LogP contribution < -0.4 is 11.1 Å². The van der Waals surface area contributed by atoms with Crippen LogP contribution in [0, 0.1) is 11.3 Å². The Labute approximate surface area is 102 Å². The van der Waals surface area contributed by atoms with E-state index in [4.69, 9.17) is 15.7 Å². The molecule has 1 aromatic rings. The van der Waals surface area contributed by atoms with Gasteiger partial charge in [-0.05, 0) is 32.4 Å². The second-order valence-electron chi connectivity index (χ2n) is 3.94. The molecule has 0 bridgehead atoms. The standard InChI is InChI=1S/C12H18N4O/c1-9(2)17-7-3-6-15-11-5-4-10(8-13)12(14)16-11/h4-5,9H,3,6-7H2,1-2H3,(H3,14,15,16). The molecule has 0 spiro atoms. The highest BCUT2D eigenvalue weighted by atomic mass is 16.5. The molecule has 0 radical (unpaired) electrons. The largest absolute Gasteiger partial charge is 0.383 e. The summed E-state index contributed by atoms with van der Waals surface area (Å²) >= 11 is 0. The van der Waals surface area contributed by atoms with E-state index in [1.54, 1.807) is 12.1 Å². The third kappa shape index (κ3) is 4.70. The Morgan fingerprint density at radius 1 is 1.53 bits per heavy atom. The molecule has 92 valence electrons. The number of nitrogen functional groups attached to an aromatic ring is 1. The average Bonchev–Trinajstić information content (AvgIpc) is 2.28. The molecule has 0 unspecified atom stereocenters. The quantitative estimate of drug-likeness (QED) is 0.733. The molecule has 0 amide bonds. The zero-order valence-corrected chi connectivity index (χ0v) is 10.2. The van der Waals surface area contributed by atoms with Crippen LogP contribution in [-0.2, 0) is 4.74 Å². The number of nitrogens with two attached hydrogens (primary N) is 1. The fourth-order valence-electron chi connectivity index (χ4n) is 1.28. The van der Waals surface area contributed by atoms with Crippen LogP contribution in [0.25, 0.3) is 0 Å². The first-order chi connectivity index (χ1) is 8.13. The van der Waals surface area contributed by atoms with E-state index in [9.17, 15) is 0 Å². The topological polar surface area (TPSA) is 84.0 Å². The summed E-state index contributed by atoms with van der Waals surface area (Å²) in [4.78, 5) is 4.08. The number of pyridine rings is 1. The van der Waals surface area contributed by atoms with Crippen molar-refractivity contribution in [1.29, 1.82) is 5.26 Å². The minimum absolute atomic E-state index is 0.260. The number of hydrogen-bond acceptors (Lipinski definition) is 5. The van der Waals surface area contributed by atoms with Gasteiger partial charge in [-0.15, -0.1) is 0 Å². The zero-order valence-electron chi connectivity index (χ0n) is 10.2. The molecule has 0 aromatic carbocycles. The van der Waals surface area contributed by atoms with Gasteiger partial charge in [0, 0.05) is 13.2 Å². The highest BCUT2D eigenvalue weighted by Gasteiger charge is 2.01. The van der Waals surface area contributed by atoms with Gasteiger partial charge in [-0.2, -0.15) is 5.26 Å². The van der Waals surface area contributed by atoms with Crippen LogP contribution in [0.1, 0.15) is 25.8 Å². The van der Waals surface area contributed by atoms with Gasteiger partial charge in [-0.3, -0.25) is 0 Å². The van der Waals surface area contributed by atoms with Gasteiger partial charge in [0.2, 0.25) is 0 Å². The third-order valence-electron chi connectivity index (χ3n) is 2.12. The lowest BCUT2D eigenvalue weighted by Crippen LogP contribution is -2.10. The van der Waals surface area contributed by atoms with E-state index in [1.807, 2.05) is 19.9 Å². The summed E-state index contributed by atoms with van der Waals surface area (Å²) in [6.07, 6.45) is 1.17. The normalized spacial score (nSPS) is 10.2. The van der Waals surface area contributed by atoms with Crippen LogP contribution in [0.2, 0.25) is 0 Å². The molecule has 0 atom stereocenters. The molecule has 1 heterocycles. The molecule has 0 fully saturated rings. The summed E-state index contributed by atoms with van der Waals surface area (Å²) in [5, 5.41) is 11.8. The summed E-state index contributed by atoms with van der Waals surface area (Å²) in [5.41, 5.74) is 6.01. The second-order valence-corrected chi connectivity index (χ2v) is 3.94. The van der Waals surface area contributed by atoms with E-state index in [1.165, 1.54) is 0 Å². The highest BCUT2D eigenvalue weighted by molar-refractivity contribution is 5.53. The first-order valence-corrected chi connectivity index (χ1v) is 5.65. The lowest BCUT2D eigenvalue weighted by atomic mass is 10.3. The van der Waals surface area contributed by atoms with Crippen LogP contribution in [0.3, 0.4) is 0 Å². The monoisotopic (exact) mass is 234 g/mol. The first kappa shape index (κ1) is 13.3. The maximum absolute atomic E-state index is 8.70. The Morgan fingerprint density at radius 2 is 2.29 bits per heavy atom. The highest BCUT2D eigenvalue weighted by Crippen LogP contribution is 2.11. The van der Waals surface area contributed by atoms with E-state index in [0.717, 1.165) is 19.6 Å². The summed E-state index contributed by atoms with van der Waals surface area (Å²) in [7, 11) is 0. The van der Waals surface area contributed by atoms with Crippen LogP contribution in [0.5, 0.6) is 0 Å². The van der Waals surface area contributed by atoms with E-state index >= 15 is 0 Å². The van der Waals surface area contributed by atoms with Crippen LogP contribution in [0.15, 0.2) is 12.1 Å². The molecule has 3 N–H and O–H groups in total. The second kappa shape index (κ2) is 6.71. The Kier molecular flexibility index (Phi) is 5.24. The Hall–Kier alpha value is -1.80. The van der Waals surface area contributed by atoms with Crippen molar-refractivity contribution < 1.29 is 4.74 Å². The van der Waals surface area contributed by atoms with Crippen molar-refractivity contribution >= 4 is 11.6 Å². The minimum Gasteiger partial charge on any atom is -0.383 e. The number of aromatic nitrogens is 1. The number of nitrogens with zero attached hydrogens (tertiary/aromatic N) is 2. The fraction of sp³-hybridized carbons (Fsp3) is 0.500. The average molecular weight is 234 g/mol. The summed E-state index contributed by atoms with van der Waals surface area (Å²) < 4.78 is 5.41. The van der Waals surface area contributed by atoms with Crippen LogP contribution in [-0.4, -0.2) is 24.2 Å². The van der Waals surface area contributed by atoms with Gasteiger partial charge in [0.05, 0.1) is 11.7 Å². The van der Waals surface area contributed by atoms with Gasteiger partial charge >= 0.3 is 0 Å². The number of rotatable bonds is 6. The molecule has 1 rings (SSSR count). The predicted molar refractivity (Wildman–Crippen MR) is 67.6 cm³/mol. The lowest BCUT2D eigenvalue weighted by Gasteiger charge is -2.09. The Morgan fingerprint density at radius 3 is 2.88 bits per heavy atom. The SMILES string of the molecule is CC(C)OCCCNc1ccc(C#N)c(N)n1. The van der Waals surface area contributed by atoms with Crippen molar-refractivity contribution in [3.05, 3.63) is 17.7 Å². The van der Waals surface area contributed by atoms with Gasteiger partial charge in [-0.25, -0.2) is 4.98 Å². The molecule has 5 heteroatoms. The van der Waals surface area contributed by atoms with E-state index in [2.05, 4.69) is 10.3 Å². The van der Waals surface area contributed by atoms with Crippen molar-refractivity contribution in [2.75, 3.05) is 24.2 Å². The zero-order chi connectivity index (χ0) is 12.7. The molecule has 17 heavy (non-hydrogen) atoms. The van der Waals surface area contributed by atoms with Crippen molar-refractivity contribution in [1.82, 2.24) is 4.98 Å². The van der Waals surface area contributed by atoms with Crippen molar-refractivity contribution in [2.45, 2.75) is 26.4 Å². The molecule has 5 nitrogen and oxygen atoms in total. The molecule has 0 saturated heterocycles. The molecular formula is C12H18N4O. The number of anilines is 2. The van der Waals surface area contributed by atoms with Gasteiger partial charge in [0.25, 0.3) is 0 Å². The number of nitriles is 1. The van der Waals surface area contributed by atoms with E-state index in [-0.39, 0.29) is 11.9 Å². The number of ether oxygens (including phenoxy) is 1. The third-order valence-corrected chi connectivity index (χ3v) is 2.12. The Balaban J connectivity index is 2.33. The smallest absolute Gasteiger partial charge is 0.143 e. The molecular weight excluding hydrogens is 216 g/mol. The molecule has 0 aliphatic rings. The maximum Gasteiger partial charge on any atom is 0.143 e. The first-order valence-electron chi connectivity index (χ1n) is 5.65. The minimum atomic E-state index is 0.260. The fourth-order valence-corrected chi connectivity index (χ4v) is 1.28. The maximum atomic E-state index is 8.70. The van der Waals surface area contributed by atoms with Gasteiger partial charge in [0.15, 0.2) is 0 Å². The summed E-state index contributed by atoms with van der Waals surface area (Å²) in [6.45, 7) is 5.51. The number of hydrogen-bond donors (Lipinski definition) is 2. The van der Waals surface area contributed by atoms with Crippen molar-refractivity contribution in [2.24, 2.45) is 0 Å². The van der Waals surface area contributed by atoms with E-state index < -0.39 is 0 Å². The van der Waals surface area contributed by atoms with Gasteiger partial charge < -0.3 is 15.8 Å². The molecule has 0 aliphatic heterocycles. The van der Waals surface area contributed by atoms with Crippen LogP contribution >= 0.6 is 0 Å². The van der Waals surface area contributed by atoms with Gasteiger partial charge in [-0.1, -0.05) is 0 Å². The summed E-state index contributed by atoms with van der Waals surface area (Å²) in [5.74, 6) is 0.946. The summed E-state index contributed by atoms with van der Waals surface area (Å²) in [6, 6.07) is 5.39.